The molecule has 0 saturated carbocycles. The average Bonchev–Trinajstić information content (AvgIpc) is 2.66. The number of amides is 2. The van der Waals surface area contributed by atoms with Gasteiger partial charge < -0.3 is 15.3 Å². The minimum absolute atomic E-state index is 0.0822. The zero-order chi connectivity index (χ0) is 15.6. The molecule has 118 valence electrons. The minimum Gasteiger partial charge on any atom is -0.379 e. The Morgan fingerprint density at radius 1 is 1.35 bits per heavy atom. The molecule has 1 atom stereocenters. The molecule has 0 radical (unpaired) electrons. The van der Waals surface area contributed by atoms with Crippen molar-refractivity contribution in [3.8, 4) is 0 Å². The molecule has 1 heterocycles. The van der Waals surface area contributed by atoms with Crippen LogP contribution in [-0.2, 0) is 0 Å². The minimum atomic E-state index is -4.70. The lowest BCUT2D eigenvalue weighted by Crippen LogP contribution is -2.49. The van der Waals surface area contributed by atoms with Crippen LogP contribution in [0.3, 0.4) is 0 Å². The van der Waals surface area contributed by atoms with Crippen LogP contribution in [0.2, 0.25) is 0 Å². The van der Waals surface area contributed by atoms with Gasteiger partial charge in [0.25, 0.3) is 0 Å². The number of nitrogens with one attached hydrogen (secondary N) is 1. The van der Waals surface area contributed by atoms with Gasteiger partial charge in [-0.15, -0.1) is 0 Å². The Labute approximate surface area is 117 Å². The zero-order valence-electron chi connectivity index (χ0n) is 12.2. The summed E-state index contributed by atoms with van der Waals surface area (Å²) >= 11 is 0. The number of aliphatic hydroxyl groups is 1. The molecule has 0 aliphatic carbocycles. The second-order valence-electron chi connectivity index (χ2n) is 6.60. The van der Waals surface area contributed by atoms with E-state index in [4.69, 9.17) is 0 Å². The van der Waals surface area contributed by atoms with E-state index < -0.39 is 30.8 Å². The molecule has 1 aliphatic rings. The monoisotopic (exact) mass is 296 g/mol. The molecule has 0 aromatic heterocycles. The average molecular weight is 296 g/mol. The number of halogens is 3. The highest BCUT2D eigenvalue weighted by atomic mass is 19.4. The maximum atomic E-state index is 12.6. The third-order valence-electron chi connectivity index (χ3n) is 3.44. The van der Waals surface area contributed by atoms with Gasteiger partial charge >= 0.3 is 12.2 Å². The predicted octanol–water partition coefficient (Wildman–Crippen LogP) is 2.52. The summed E-state index contributed by atoms with van der Waals surface area (Å²) < 4.78 is 37.8. The Morgan fingerprint density at radius 2 is 1.95 bits per heavy atom. The van der Waals surface area contributed by atoms with Crippen LogP contribution in [0, 0.1) is 5.41 Å². The first-order valence-corrected chi connectivity index (χ1v) is 6.76. The highest BCUT2D eigenvalue weighted by molar-refractivity contribution is 5.74. The Kier molecular flexibility index (Phi) is 4.94. The molecule has 0 spiro atoms. The molecule has 0 aromatic rings. The molecule has 20 heavy (non-hydrogen) atoms. The van der Waals surface area contributed by atoms with Crippen LogP contribution in [-0.4, -0.2) is 47.4 Å². The van der Waals surface area contributed by atoms with Gasteiger partial charge in [-0.1, -0.05) is 20.8 Å². The number of likely N-dealkylation sites (tertiary alicyclic amines) is 1. The number of rotatable bonds is 3. The summed E-state index contributed by atoms with van der Waals surface area (Å²) in [5, 5.41) is 12.1. The standard InChI is InChI=1S/C13H23F3N2O2/c1-11(2,3)5-4-7-17-10(19)18-8-6-12(20,9-18)13(14,15)16/h20H,4-9H2,1-3H3,(H,17,19)/t12-/m0/s1. The maximum absolute atomic E-state index is 12.6. The fraction of sp³-hybridized carbons (Fsp3) is 0.923. The molecule has 1 fully saturated rings. The van der Waals surface area contributed by atoms with Crippen molar-refractivity contribution >= 4 is 6.03 Å². The molecule has 0 bridgehead atoms. The van der Waals surface area contributed by atoms with Crippen molar-refractivity contribution in [2.75, 3.05) is 19.6 Å². The molecule has 2 N–H and O–H groups in total. The highest BCUT2D eigenvalue weighted by Crippen LogP contribution is 2.37. The number of carbonyl (C=O) groups is 1. The van der Waals surface area contributed by atoms with Crippen molar-refractivity contribution in [1.82, 2.24) is 10.2 Å². The van der Waals surface area contributed by atoms with Crippen LogP contribution in [0.15, 0.2) is 0 Å². The van der Waals surface area contributed by atoms with E-state index in [1.807, 2.05) is 0 Å². The number of nitrogens with zero attached hydrogens (tertiary/aromatic N) is 1. The van der Waals surface area contributed by atoms with Gasteiger partial charge in [0, 0.05) is 19.5 Å². The normalized spacial score (nSPS) is 24.1. The van der Waals surface area contributed by atoms with E-state index in [9.17, 15) is 23.1 Å². The molecule has 1 rings (SSSR count). The van der Waals surface area contributed by atoms with Gasteiger partial charge in [-0.3, -0.25) is 0 Å². The Hall–Kier alpha value is -0.980. The van der Waals surface area contributed by atoms with Crippen LogP contribution in [0.1, 0.15) is 40.0 Å². The number of urea groups is 1. The summed E-state index contributed by atoms with van der Waals surface area (Å²) in [4.78, 5) is 12.7. The Balaban J connectivity index is 2.36. The van der Waals surface area contributed by atoms with Crippen molar-refractivity contribution in [2.45, 2.75) is 51.8 Å². The lowest BCUT2D eigenvalue weighted by atomic mass is 9.91. The van der Waals surface area contributed by atoms with Gasteiger partial charge in [-0.05, 0) is 18.3 Å². The van der Waals surface area contributed by atoms with E-state index in [0.717, 1.165) is 17.7 Å². The predicted molar refractivity (Wildman–Crippen MR) is 69.3 cm³/mol. The van der Waals surface area contributed by atoms with Crippen molar-refractivity contribution in [1.29, 1.82) is 0 Å². The SMILES string of the molecule is CC(C)(C)CCCNC(=O)N1CC[C@@](O)(C(F)(F)F)C1. The summed E-state index contributed by atoms with van der Waals surface area (Å²) in [5.74, 6) is 0. The van der Waals surface area contributed by atoms with Gasteiger partial charge in [0.2, 0.25) is 0 Å². The molecule has 0 aromatic carbocycles. The molecule has 1 saturated heterocycles. The highest BCUT2D eigenvalue weighted by Gasteiger charge is 2.57. The topological polar surface area (TPSA) is 52.6 Å². The first-order valence-electron chi connectivity index (χ1n) is 6.76. The van der Waals surface area contributed by atoms with E-state index in [2.05, 4.69) is 26.1 Å². The molecular formula is C13H23F3N2O2. The third kappa shape index (κ3) is 4.54. The molecule has 4 nitrogen and oxygen atoms in total. The summed E-state index contributed by atoms with van der Waals surface area (Å²) in [7, 11) is 0. The van der Waals surface area contributed by atoms with Crippen LogP contribution >= 0.6 is 0 Å². The number of hydrogen-bond acceptors (Lipinski definition) is 2. The van der Waals surface area contributed by atoms with Crippen molar-refractivity contribution in [3.63, 3.8) is 0 Å². The van der Waals surface area contributed by atoms with Gasteiger partial charge in [-0.25, -0.2) is 4.79 Å². The van der Waals surface area contributed by atoms with Gasteiger partial charge in [0.15, 0.2) is 5.60 Å². The smallest absolute Gasteiger partial charge is 0.379 e. The van der Waals surface area contributed by atoms with E-state index in [-0.39, 0.29) is 12.0 Å². The summed E-state index contributed by atoms with van der Waals surface area (Å²) in [5.41, 5.74) is -2.61. The van der Waals surface area contributed by atoms with Gasteiger partial charge in [0.1, 0.15) is 0 Å². The maximum Gasteiger partial charge on any atom is 0.419 e. The number of carbonyl (C=O) groups excluding carboxylic acids is 1. The number of alkyl halides is 3. The molecule has 1 aliphatic heterocycles. The van der Waals surface area contributed by atoms with Crippen LogP contribution in [0.25, 0.3) is 0 Å². The van der Waals surface area contributed by atoms with E-state index >= 15 is 0 Å². The van der Waals surface area contributed by atoms with Crippen LogP contribution in [0.5, 0.6) is 0 Å². The molecule has 2 amide bonds. The Morgan fingerprint density at radius 3 is 2.40 bits per heavy atom. The number of β-amino-alcohol motifs (C(OH)–C–C–N with tert-alkyl or cyclic N) is 1. The zero-order valence-corrected chi connectivity index (χ0v) is 12.2. The summed E-state index contributed by atoms with van der Waals surface area (Å²) in [6.45, 7) is 5.90. The van der Waals surface area contributed by atoms with Crippen LogP contribution in [0.4, 0.5) is 18.0 Å². The third-order valence-corrected chi connectivity index (χ3v) is 3.44. The second-order valence-corrected chi connectivity index (χ2v) is 6.60. The van der Waals surface area contributed by atoms with Crippen molar-refractivity contribution in [3.05, 3.63) is 0 Å². The number of hydrogen-bond donors (Lipinski definition) is 2. The largest absolute Gasteiger partial charge is 0.419 e. The van der Waals surface area contributed by atoms with Crippen molar-refractivity contribution < 1.29 is 23.1 Å². The van der Waals surface area contributed by atoms with Gasteiger partial charge in [-0.2, -0.15) is 13.2 Å². The lowest BCUT2D eigenvalue weighted by Gasteiger charge is -2.26. The molecule has 7 heteroatoms. The molecule has 0 unspecified atom stereocenters. The lowest BCUT2D eigenvalue weighted by molar-refractivity contribution is -0.253. The van der Waals surface area contributed by atoms with E-state index in [1.54, 1.807) is 0 Å². The van der Waals surface area contributed by atoms with Crippen molar-refractivity contribution in [2.24, 2.45) is 5.41 Å². The van der Waals surface area contributed by atoms with E-state index in [0.29, 0.717) is 6.54 Å². The van der Waals surface area contributed by atoms with E-state index in [1.165, 1.54) is 0 Å². The first kappa shape index (κ1) is 17.1. The summed E-state index contributed by atoms with van der Waals surface area (Å²) in [6.07, 6.45) is -3.48. The second kappa shape index (κ2) is 5.79. The van der Waals surface area contributed by atoms with Gasteiger partial charge in [0.05, 0.1) is 6.54 Å². The van der Waals surface area contributed by atoms with Crippen LogP contribution < -0.4 is 5.32 Å². The first-order chi connectivity index (χ1) is 8.95. The quantitative estimate of drug-likeness (QED) is 0.786. The summed E-state index contributed by atoms with van der Waals surface area (Å²) in [6, 6.07) is -0.543. The fourth-order valence-electron chi connectivity index (χ4n) is 2.12. The molecular weight excluding hydrogens is 273 g/mol. The fourth-order valence-corrected chi connectivity index (χ4v) is 2.12. The Bertz CT molecular complexity index is 353.